The number of piperazine rings is 1. The minimum absolute atomic E-state index is 0.00202. The normalized spacial score (nSPS) is 13.5. The first-order valence-electron chi connectivity index (χ1n) is 11.6. The molecule has 3 aromatic carbocycles. The van der Waals surface area contributed by atoms with E-state index in [1.807, 2.05) is 53.4 Å². The van der Waals surface area contributed by atoms with Crippen LogP contribution in [0.2, 0.25) is 5.02 Å². The van der Waals surface area contributed by atoms with Crippen LogP contribution in [0.1, 0.15) is 15.9 Å². The lowest BCUT2D eigenvalue weighted by Crippen LogP contribution is -2.48. The fourth-order valence-corrected chi connectivity index (χ4v) is 4.33. The van der Waals surface area contributed by atoms with Crippen molar-refractivity contribution in [1.82, 2.24) is 4.90 Å². The molecular weight excluding hydrogens is 478 g/mol. The molecule has 36 heavy (non-hydrogen) atoms. The van der Waals surface area contributed by atoms with Crippen LogP contribution in [0.25, 0.3) is 6.08 Å². The summed E-state index contributed by atoms with van der Waals surface area (Å²) in [6.07, 6.45) is 3.45. The van der Waals surface area contributed by atoms with E-state index in [0.29, 0.717) is 54.0 Å². The second kappa shape index (κ2) is 11.6. The number of nitrogens with zero attached hydrogens (tertiary/aromatic N) is 2. The zero-order chi connectivity index (χ0) is 25.5. The molecule has 1 fully saturated rings. The van der Waals surface area contributed by atoms with Crippen molar-refractivity contribution in [3.05, 3.63) is 89.0 Å². The highest BCUT2D eigenvalue weighted by Crippen LogP contribution is 2.31. The second-order valence-electron chi connectivity index (χ2n) is 8.25. The summed E-state index contributed by atoms with van der Waals surface area (Å²) in [5.74, 6) is 0.746. The number of anilines is 2. The van der Waals surface area contributed by atoms with Crippen LogP contribution >= 0.6 is 11.6 Å². The summed E-state index contributed by atoms with van der Waals surface area (Å²) in [6.45, 7) is 2.54. The Kier molecular flexibility index (Phi) is 8.13. The highest BCUT2D eigenvalue weighted by atomic mass is 35.5. The number of rotatable bonds is 7. The van der Waals surface area contributed by atoms with Crippen molar-refractivity contribution in [3.63, 3.8) is 0 Å². The van der Waals surface area contributed by atoms with Crippen LogP contribution in [0, 0.1) is 0 Å². The standard InChI is InChI=1S/C28H28ClN3O4/c1-35-25-12-9-21(18-26(25)36-2)28(34)30-22-10-11-24(23(29)19-22)31-14-16-32(17-15-31)27(33)13-8-20-6-4-3-5-7-20/h3-13,18-19H,14-17H2,1-2H3,(H,30,34)/b13-8+. The fraction of sp³-hybridized carbons (Fsp3) is 0.214. The van der Waals surface area contributed by atoms with Crippen molar-refractivity contribution in [1.29, 1.82) is 0 Å². The fourth-order valence-electron chi connectivity index (χ4n) is 4.03. The average molecular weight is 506 g/mol. The topological polar surface area (TPSA) is 71.1 Å². The molecule has 1 saturated heterocycles. The van der Waals surface area contributed by atoms with Gasteiger partial charge in [-0.05, 0) is 48.0 Å². The molecule has 0 radical (unpaired) electrons. The van der Waals surface area contributed by atoms with E-state index in [2.05, 4.69) is 10.2 Å². The Balaban J connectivity index is 1.35. The third kappa shape index (κ3) is 5.98. The Labute approximate surface area is 215 Å². The molecule has 0 spiro atoms. The van der Waals surface area contributed by atoms with Gasteiger partial charge in [0.15, 0.2) is 11.5 Å². The number of amides is 2. The predicted octanol–water partition coefficient (Wildman–Crippen LogP) is 4.97. The predicted molar refractivity (Wildman–Crippen MR) is 143 cm³/mol. The molecule has 186 valence electrons. The van der Waals surface area contributed by atoms with E-state index in [1.54, 1.807) is 37.5 Å². The van der Waals surface area contributed by atoms with Gasteiger partial charge in [0.1, 0.15) is 0 Å². The molecule has 7 nitrogen and oxygen atoms in total. The third-order valence-electron chi connectivity index (χ3n) is 6.00. The molecule has 1 heterocycles. The van der Waals surface area contributed by atoms with Gasteiger partial charge in [0.25, 0.3) is 5.91 Å². The summed E-state index contributed by atoms with van der Waals surface area (Å²) in [6, 6.07) is 20.2. The van der Waals surface area contributed by atoms with Gasteiger partial charge in [0.2, 0.25) is 5.91 Å². The minimum atomic E-state index is -0.282. The molecule has 4 rings (SSSR count). The lowest BCUT2D eigenvalue weighted by Gasteiger charge is -2.36. The molecule has 0 bridgehead atoms. The first kappa shape index (κ1) is 25.1. The number of methoxy groups -OCH3 is 2. The molecule has 0 unspecified atom stereocenters. The summed E-state index contributed by atoms with van der Waals surface area (Å²) >= 11 is 6.57. The van der Waals surface area contributed by atoms with Gasteiger partial charge < -0.3 is 24.6 Å². The van der Waals surface area contributed by atoms with Crippen molar-refractivity contribution >= 4 is 40.9 Å². The number of hydrogen-bond donors (Lipinski definition) is 1. The van der Waals surface area contributed by atoms with E-state index < -0.39 is 0 Å². The number of benzene rings is 3. The molecule has 2 amide bonds. The third-order valence-corrected chi connectivity index (χ3v) is 6.30. The van der Waals surface area contributed by atoms with Gasteiger partial charge in [0, 0.05) is 43.5 Å². The quantitative estimate of drug-likeness (QED) is 0.459. The van der Waals surface area contributed by atoms with E-state index >= 15 is 0 Å². The van der Waals surface area contributed by atoms with E-state index in [0.717, 1.165) is 11.3 Å². The van der Waals surface area contributed by atoms with Crippen molar-refractivity contribution < 1.29 is 19.1 Å². The lowest BCUT2D eigenvalue weighted by atomic mass is 10.1. The number of carbonyl (C=O) groups excluding carboxylic acids is 2. The monoisotopic (exact) mass is 505 g/mol. The van der Waals surface area contributed by atoms with E-state index in [4.69, 9.17) is 21.1 Å². The maximum absolute atomic E-state index is 12.7. The van der Waals surface area contributed by atoms with Gasteiger partial charge in [-0.3, -0.25) is 9.59 Å². The molecule has 1 N–H and O–H groups in total. The Morgan fingerprint density at radius 1 is 0.889 bits per heavy atom. The average Bonchev–Trinajstić information content (AvgIpc) is 2.92. The number of halogens is 1. The SMILES string of the molecule is COc1ccc(C(=O)Nc2ccc(N3CCN(C(=O)/C=C/c4ccccc4)CC3)c(Cl)c2)cc1OC. The van der Waals surface area contributed by atoms with E-state index in [-0.39, 0.29) is 11.8 Å². The van der Waals surface area contributed by atoms with Crippen LogP contribution in [0.3, 0.4) is 0 Å². The van der Waals surface area contributed by atoms with Crippen molar-refractivity contribution in [2.24, 2.45) is 0 Å². The summed E-state index contributed by atoms with van der Waals surface area (Å²) < 4.78 is 10.5. The molecule has 1 aliphatic rings. The molecule has 0 aliphatic carbocycles. The zero-order valence-corrected chi connectivity index (χ0v) is 21.0. The van der Waals surface area contributed by atoms with Crippen molar-refractivity contribution in [2.45, 2.75) is 0 Å². The van der Waals surface area contributed by atoms with Gasteiger partial charge >= 0.3 is 0 Å². The van der Waals surface area contributed by atoms with Crippen LogP contribution in [0.4, 0.5) is 11.4 Å². The minimum Gasteiger partial charge on any atom is -0.493 e. The smallest absolute Gasteiger partial charge is 0.255 e. The summed E-state index contributed by atoms with van der Waals surface area (Å²) in [5, 5.41) is 3.40. The molecule has 1 aliphatic heterocycles. The molecule has 0 aromatic heterocycles. The van der Waals surface area contributed by atoms with Crippen LogP contribution in [0.15, 0.2) is 72.8 Å². The number of carbonyl (C=O) groups is 2. The van der Waals surface area contributed by atoms with Crippen LogP contribution in [-0.4, -0.2) is 57.1 Å². The van der Waals surface area contributed by atoms with Crippen LogP contribution < -0.4 is 19.7 Å². The van der Waals surface area contributed by atoms with Gasteiger partial charge in [0.05, 0.1) is 24.9 Å². The van der Waals surface area contributed by atoms with Crippen molar-refractivity contribution in [2.75, 3.05) is 50.6 Å². The Morgan fingerprint density at radius 3 is 2.28 bits per heavy atom. The van der Waals surface area contributed by atoms with Gasteiger partial charge in [-0.15, -0.1) is 0 Å². The highest BCUT2D eigenvalue weighted by molar-refractivity contribution is 6.33. The Hall–Kier alpha value is -3.97. The zero-order valence-electron chi connectivity index (χ0n) is 20.2. The van der Waals surface area contributed by atoms with Crippen molar-refractivity contribution in [3.8, 4) is 11.5 Å². The van der Waals surface area contributed by atoms with Gasteiger partial charge in [-0.25, -0.2) is 0 Å². The number of ether oxygens (including phenoxy) is 2. The molecular formula is C28H28ClN3O4. The first-order valence-corrected chi connectivity index (χ1v) is 12.0. The molecule has 8 heteroatoms. The lowest BCUT2D eigenvalue weighted by molar-refractivity contribution is -0.126. The molecule has 0 atom stereocenters. The number of hydrogen-bond acceptors (Lipinski definition) is 5. The number of nitrogens with one attached hydrogen (secondary N) is 1. The maximum atomic E-state index is 12.7. The van der Waals surface area contributed by atoms with Gasteiger partial charge in [-0.2, -0.15) is 0 Å². The second-order valence-corrected chi connectivity index (χ2v) is 8.65. The van der Waals surface area contributed by atoms with E-state index in [1.165, 1.54) is 7.11 Å². The van der Waals surface area contributed by atoms with Crippen LogP contribution in [-0.2, 0) is 4.79 Å². The first-order chi connectivity index (χ1) is 17.5. The maximum Gasteiger partial charge on any atom is 0.255 e. The summed E-state index contributed by atoms with van der Waals surface area (Å²) in [5.41, 5.74) is 2.89. The summed E-state index contributed by atoms with van der Waals surface area (Å²) in [4.78, 5) is 29.3. The Morgan fingerprint density at radius 2 is 1.61 bits per heavy atom. The van der Waals surface area contributed by atoms with Crippen LogP contribution in [0.5, 0.6) is 11.5 Å². The Bertz CT molecular complexity index is 1250. The molecule has 0 saturated carbocycles. The summed E-state index contributed by atoms with van der Waals surface area (Å²) in [7, 11) is 3.07. The van der Waals surface area contributed by atoms with E-state index in [9.17, 15) is 9.59 Å². The highest BCUT2D eigenvalue weighted by Gasteiger charge is 2.21. The van der Waals surface area contributed by atoms with Gasteiger partial charge in [-0.1, -0.05) is 41.9 Å². The largest absolute Gasteiger partial charge is 0.493 e. The molecule has 3 aromatic rings.